The number of carbonyl (C=O) groups excluding carboxylic acids is 2. The third kappa shape index (κ3) is 5.56. The van der Waals surface area contributed by atoms with Crippen LogP contribution in [-0.4, -0.2) is 33.6 Å². The summed E-state index contributed by atoms with van der Waals surface area (Å²) in [6.45, 7) is 4.07. The van der Waals surface area contributed by atoms with Crippen LogP contribution in [0.5, 0.6) is 5.75 Å². The first-order valence-corrected chi connectivity index (χ1v) is 14.3. The highest BCUT2D eigenvalue weighted by atomic mass is 35.5. The van der Waals surface area contributed by atoms with Gasteiger partial charge in [0.25, 0.3) is 5.91 Å². The normalized spacial score (nSPS) is 15.3. The Balaban J connectivity index is 1.48. The third-order valence-electron chi connectivity index (χ3n) is 5.89. The number of rotatable bonds is 9. The number of ether oxygens (including phenoxy) is 1. The molecule has 4 aromatic rings. The SMILES string of the molecule is CCOc1ccc(C2C(C(=O)c3ccc(C)o3)=C(O)C(=O)N2c2nnc(SCc3ccc(Cl)cc3Cl)s2)cc1. The second-order valence-corrected chi connectivity index (χ2v) is 11.5. The van der Waals surface area contributed by atoms with Gasteiger partial charge in [0.15, 0.2) is 15.9 Å². The fraction of sp³-hybridized carbons (Fsp3) is 0.185. The number of halogens is 2. The van der Waals surface area contributed by atoms with E-state index in [0.29, 0.717) is 43.8 Å². The fourth-order valence-electron chi connectivity index (χ4n) is 4.09. The summed E-state index contributed by atoms with van der Waals surface area (Å²) in [5.41, 5.74) is 1.35. The predicted octanol–water partition coefficient (Wildman–Crippen LogP) is 7.22. The Labute approximate surface area is 242 Å². The van der Waals surface area contributed by atoms with E-state index in [4.69, 9.17) is 32.4 Å². The number of thioether (sulfide) groups is 1. The lowest BCUT2D eigenvalue weighted by Crippen LogP contribution is -2.31. The van der Waals surface area contributed by atoms with Gasteiger partial charge in [0.05, 0.1) is 18.2 Å². The number of hydrogen-bond acceptors (Lipinski definition) is 9. The highest BCUT2D eigenvalue weighted by Crippen LogP contribution is 2.44. The first-order valence-electron chi connectivity index (χ1n) is 11.8. The fourth-order valence-corrected chi connectivity index (χ4v) is 6.51. The summed E-state index contributed by atoms with van der Waals surface area (Å²) in [7, 11) is 0. The van der Waals surface area contributed by atoms with Crippen molar-refractivity contribution in [3.8, 4) is 5.75 Å². The molecule has 1 aliphatic rings. The van der Waals surface area contributed by atoms with E-state index >= 15 is 0 Å². The molecule has 5 rings (SSSR count). The number of aromatic nitrogens is 2. The zero-order valence-electron chi connectivity index (χ0n) is 20.7. The van der Waals surface area contributed by atoms with E-state index in [0.717, 1.165) is 5.56 Å². The molecule has 1 unspecified atom stereocenters. The maximum Gasteiger partial charge on any atom is 0.296 e. The summed E-state index contributed by atoms with van der Waals surface area (Å²) in [6, 6.07) is 14.4. The molecule has 1 amide bonds. The number of aliphatic hydroxyl groups is 1. The van der Waals surface area contributed by atoms with Crippen molar-refractivity contribution in [1.82, 2.24) is 10.2 Å². The number of amides is 1. The van der Waals surface area contributed by atoms with E-state index in [1.807, 2.05) is 13.0 Å². The minimum Gasteiger partial charge on any atom is -0.503 e. The highest BCUT2D eigenvalue weighted by Gasteiger charge is 2.46. The van der Waals surface area contributed by atoms with Crippen LogP contribution in [0.25, 0.3) is 0 Å². The summed E-state index contributed by atoms with van der Waals surface area (Å²) in [4.78, 5) is 28.2. The van der Waals surface area contributed by atoms with E-state index in [-0.39, 0.29) is 16.5 Å². The summed E-state index contributed by atoms with van der Waals surface area (Å²) in [5, 5.41) is 20.7. The molecular weight excluding hydrogens is 581 g/mol. The van der Waals surface area contributed by atoms with Crippen LogP contribution in [0.3, 0.4) is 0 Å². The maximum absolute atomic E-state index is 13.5. The monoisotopic (exact) mass is 601 g/mol. The molecule has 2 aromatic heterocycles. The predicted molar refractivity (Wildman–Crippen MR) is 151 cm³/mol. The lowest BCUT2D eigenvalue weighted by atomic mass is 9.95. The Morgan fingerprint density at radius 3 is 2.59 bits per heavy atom. The molecular formula is C27H21Cl2N3O5S2. The molecule has 8 nitrogen and oxygen atoms in total. The number of hydrogen-bond donors (Lipinski definition) is 1. The van der Waals surface area contributed by atoms with Crippen molar-refractivity contribution >= 4 is 63.1 Å². The number of anilines is 1. The maximum atomic E-state index is 13.5. The van der Waals surface area contributed by atoms with Crippen molar-refractivity contribution in [2.75, 3.05) is 11.5 Å². The molecule has 0 spiro atoms. The second-order valence-electron chi connectivity index (χ2n) is 8.46. The number of furan rings is 1. The van der Waals surface area contributed by atoms with E-state index < -0.39 is 23.5 Å². The largest absolute Gasteiger partial charge is 0.503 e. The number of Topliss-reactive ketones (excluding diaryl/α,β-unsaturated/α-hetero) is 1. The molecule has 0 saturated heterocycles. The van der Waals surface area contributed by atoms with Crippen LogP contribution < -0.4 is 9.64 Å². The Morgan fingerprint density at radius 2 is 1.92 bits per heavy atom. The third-order valence-corrected chi connectivity index (χ3v) is 8.58. The van der Waals surface area contributed by atoms with Crippen LogP contribution in [0.4, 0.5) is 5.13 Å². The van der Waals surface area contributed by atoms with Gasteiger partial charge in [-0.15, -0.1) is 10.2 Å². The van der Waals surface area contributed by atoms with Crippen molar-refractivity contribution in [3.05, 3.63) is 98.6 Å². The molecule has 0 radical (unpaired) electrons. The van der Waals surface area contributed by atoms with Crippen LogP contribution in [0.2, 0.25) is 10.0 Å². The Bertz CT molecular complexity index is 1580. The van der Waals surface area contributed by atoms with Gasteiger partial charge in [-0.2, -0.15) is 0 Å². The van der Waals surface area contributed by atoms with Gasteiger partial charge in [0.2, 0.25) is 10.9 Å². The Kier molecular flexibility index (Phi) is 7.99. The molecule has 3 heterocycles. The highest BCUT2D eigenvalue weighted by molar-refractivity contribution is 8.00. The zero-order chi connectivity index (χ0) is 27.7. The van der Waals surface area contributed by atoms with E-state index in [9.17, 15) is 14.7 Å². The van der Waals surface area contributed by atoms with E-state index in [2.05, 4.69) is 10.2 Å². The smallest absolute Gasteiger partial charge is 0.296 e. The summed E-state index contributed by atoms with van der Waals surface area (Å²) >= 11 is 14.8. The number of nitrogens with zero attached hydrogens (tertiary/aromatic N) is 3. The topological polar surface area (TPSA) is 106 Å². The number of ketones is 1. The molecule has 200 valence electrons. The number of carbonyl (C=O) groups is 2. The minimum atomic E-state index is -0.956. The van der Waals surface area contributed by atoms with Crippen LogP contribution in [0.1, 0.15) is 40.4 Å². The van der Waals surface area contributed by atoms with Crippen LogP contribution in [0, 0.1) is 6.92 Å². The molecule has 1 atom stereocenters. The number of benzene rings is 2. The van der Waals surface area contributed by atoms with E-state index in [1.165, 1.54) is 34.1 Å². The molecule has 12 heteroatoms. The minimum absolute atomic E-state index is 0.0213. The first-order chi connectivity index (χ1) is 18.8. The number of aliphatic hydroxyl groups excluding tert-OH is 1. The molecule has 1 aliphatic heterocycles. The van der Waals surface area contributed by atoms with Gasteiger partial charge >= 0.3 is 0 Å². The van der Waals surface area contributed by atoms with Gasteiger partial charge in [-0.1, -0.05) is 64.5 Å². The van der Waals surface area contributed by atoms with Crippen molar-refractivity contribution in [1.29, 1.82) is 0 Å². The molecule has 0 aliphatic carbocycles. The Hall–Kier alpha value is -3.31. The van der Waals surface area contributed by atoms with Crippen molar-refractivity contribution in [3.63, 3.8) is 0 Å². The lowest BCUT2D eigenvalue weighted by molar-refractivity contribution is -0.117. The molecule has 0 fully saturated rings. The van der Waals surface area contributed by atoms with Gasteiger partial charge in [-0.05, 0) is 61.4 Å². The van der Waals surface area contributed by atoms with Gasteiger partial charge in [-0.25, -0.2) is 0 Å². The lowest BCUT2D eigenvalue weighted by Gasteiger charge is -2.24. The van der Waals surface area contributed by atoms with Crippen molar-refractivity contribution in [2.24, 2.45) is 0 Å². The Morgan fingerprint density at radius 1 is 1.15 bits per heavy atom. The quantitative estimate of drug-likeness (QED) is 0.122. The van der Waals surface area contributed by atoms with Crippen LogP contribution >= 0.6 is 46.3 Å². The van der Waals surface area contributed by atoms with Crippen LogP contribution in [0.15, 0.2) is 74.7 Å². The van der Waals surface area contributed by atoms with Crippen LogP contribution in [-0.2, 0) is 10.5 Å². The molecule has 0 saturated carbocycles. The number of aryl methyl sites for hydroxylation is 1. The molecule has 39 heavy (non-hydrogen) atoms. The standard InChI is InChI=1S/C27H21Cl2N3O5S2/c1-3-36-18-9-6-15(7-10-18)22-21(23(33)20-11-4-14(2)37-20)24(34)25(35)32(22)26-30-31-27(39-26)38-13-16-5-8-17(28)12-19(16)29/h4-12,22,34H,3,13H2,1-2H3. The zero-order valence-corrected chi connectivity index (χ0v) is 23.8. The van der Waals surface area contributed by atoms with Gasteiger partial charge < -0.3 is 14.3 Å². The van der Waals surface area contributed by atoms with Gasteiger partial charge in [0, 0.05) is 15.8 Å². The van der Waals surface area contributed by atoms with Crippen molar-refractivity contribution < 1.29 is 23.8 Å². The summed E-state index contributed by atoms with van der Waals surface area (Å²) in [5.74, 6) is -0.315. The average Bonchev–Trinajstić information content (AvgIpc) is 3.62. The van der Waals surface area contributed by atoms with Gasteiger partial charge in [0.1, 0.15) is 11.5 Å². The molecule has 1 N–H and O–H groups in total. The molecule has 2 aromatic carbocycles. The summed E-state index contributed by atoms with van der Waals surface area (Å²) in [6.07, 6.45) is 0. The molecule has 0 bridgehead atoms. The van der Waals surface area contributed by atoms with E-state index in [1.54, 1.807) is 49.4 Å². The van der Waals surface area contributed by atoms with Gasteiger partial charge in [-0.3, -0.25) is 14.5 Å². The summed E-state index contributed by atoms with van der Waals surface area (Å²) < 4.78 is 11.6. The van der Waals surface area contributed by atoms with Crippen molar-refractivity contribution in [2.45, 2.75) is 30.0 Å². The second kappa shape index (κ2) is 11.4. The first kappa shape index (κ1) is 27.3. The average molecular weight is 603 g/mol.